The van der Waals surface area contributed by atoms with Gasteiger partial charge in [-0.25, -0.2) is 0 Å². The van der Waals surface area contributed by atoms with Crippen molar-refractivity contribution in [2.24, 2.45) is 0 Å². The van der Waals surface area contributed by atoms with Crippen molar-refractivity contribution in [1.29, 1.82) is 0 Å². The summed E-state index contributed by atoms with van der Waals surface area (Å²) in [5.41, 5.74) is 2.37. The van der Waals surface area contributed by atoms with Gasteiger partial charge in [-0.3, -0.25) is 0 Å². The van der Waals surface area contributed by atoms with E-state index in [1.165, 1.54) is 5.56 Å². The van der Waals surface area contributed by atoms with Crippen LogP contribution >= 0.6 is 43.5 Å². The maximum Gasteiger partial charge on any atom is 0.0464 e. The Hall–Kier alpha value is -0.350. The maximum atomic E-state index is 6.30. The molecule has 106 valence electrons. The van der Waals surface area contributed by atoms with Crippen molar-refractivity contribution in [3.05, 3.63) is 67.6 Å². The molecule has 1 unspecified atom stereocenters. The number of hydrogen-bond acceptors (Lipinski definition) is 1. The lowest BCUT2D eigenvalue weighted by Crippen LogP contribution is -2.22. The zero-order chi connectivity index (χ0) is 14.7. The standard InChI is InChI=1S/C16H16Br2ClN/c1-10(12-3-5-13(17)6-4-12)20-11(2)15-8-7-14(18)9-16(15)19/h3-11,20H,1-2H3/t10-,11?/m0/s1. The molecule has 0 aliphatic heterocycles. The normalized spacial score (nSPS) is 14.1. The minimum absolute atomic E-state index is 0.189. The van der Waals surface area contributed by atoms with Gasteiger partial charge in [0.1, 0.15) is 0 Å². The maximum absolute atomic E-state index is 6.30. The molecule has 2 aromatic rings. The van der Waals surface area contributed by atoms with Crippen LogP contribution < -0.4 is 5.32 Å². The summed E-state index contributed by atoms with van der Waals surface area (Å²) < 4.78 is 2.09. The average molecular weight is 418 g/mol. The average Bonchev–Trinajstić information content (AvgIpc) is 2.39. The van der Waals surface area contributed by atoms with Crippen LogP contribution in [0.2, 0.25) is 5.02 Å². The van der Waals surface area contributed by atoms with Crippen LogP contribution in [0, 0.1) is 0 Å². The Kier molecular flexibility index (Phi) is 5.67. The zero-order valence-electron chi connectivity index (χ0n) is 11.3. The molecule has 4 heteroatoms. The Morgan fingerprint density at radius 1 is 0.900 bits per heavy atom. The third-order valence-corrected chi connectivity index (χ3v) is 4.65. The number of hydrogen-bond donors (Lipinski definition) is 1. The van der Waals surface area contributed by atoms with Crippen molar-refractivity contribution < 1.29 is 0 Å². The third kappa shape index (κ3) is 4.08. The number of nitrogens with one attached hydrogen (secondary N) is 1. The Bertz CT molecular complexity index is 584. The summed E-state index contributed by atoms with van der Waals surface area (Å²) in [6.45, 7) is 4.29. The van der Waals surface area contributed by atoms with Crippen molar-refractivity contribution >= 4 is 43.5 Å². The van der Waals surface area contributed by atoms with Crippen LogP contribution in [-0.4, -0.2) is 0 Å². The molecule has 2 rings (SSSR count). The first kappa shape index (κ1) is 16.0. The van der Waals surface area contributed by atoms with E-state index in [0.717, 1.165) is 19.5 Å². The lowest BCUT2D eigenvalue weighted by Gasteiger charge is -2.22. The molecule has 2 aromatic carbocycles. The highest BCUT2D eigenvalue weighted by atomic mass is 79.9. The van der Waals surface area contributed by atoms with Crippen LogP contribution in [0.15, 0.2) is 51.4 Å². The molecule has 0 aliphatic rings. The van der Waals surface area contributed by atoms with Crippen LogP contribution in [0.4, 0.5) is 0 Å². The molecular weight excluding hydrogens is 401 g/mol. The summed E-state index contributed by atoms with van der Waals surface area (Å²) in [4.78, 5) is 0. The third-order valence-electron chi connectivity index (χ3n) is 3.30. The summed E-state index contributed by atoms with van der Waals surface area (Å²) in [6.07, 6.45) is 0. The SMILES string of the molecule is CC(N[C@@H](C)c1ccc(Br)cc1)c1ccc(Br)cc1Cl. The van der Waals surface area contributed by atoms with Crippen molar-refractivity contribution in [2.75, 3.05) is 0 Å². The summed E-state index contributed by atoms with van der Waals surface area (Å²) >= 11 is 13.2. The van der Waals surface area contributed by atoms with Gasteiger partial charge >= 0.3 is 0 Å². The molecule has 0 radical (unpaired) electrons. The monoisotopic (exact) mass is 415 g/mol. The zero-order valence-corrected chi connectivity index (χ0v) is 15.3. The number of rotatable bonds is 4. The fraction of sp³-hybridized carbons (Fsp3) is 0.250. The molecule has 1 N–H and O–H groups in total. The van der Waals surface area contributed by atoms with E-state index in [-0.39, 0.29) is 12.1 Å². The molecule has 0 bridgehead atoms. The second-order valence-electron chi connectivity index (χ2n) is 4.83. The first-order valence-corrected chi connectivity index (χ1v) is 8.40. The van der Waals surface area contributed by atoms with Gasteiger partial charge in [-0.15, -0.1) is 0 Å². The molecule has 0 amide bonds. The van der Waals surface area contributed by atoms with Gasteiger partial charge in [0.25, 0.3) is 0 Å². The van der Waals surface area contributed by atoms with Gasteiger partial charge in [0.15, 0.2) is 0 Å². The molecule has 0 aromatic heterocycles. The lowest BCUT2D eigenvalue weighted by atomic mass is 10.0. The molecule has 0 aliphatic carbocycles. The number of benzene rings is 2. The van der Waals surface area contributed by atoms with E-state index in [0.29, 0.717) is 0 Å². The molecule has 1 nitrogen and oxygen atoms in total. The predicted octanol–water partition coefficient (Wildman–Crippen LogP) is 6.28. The summed E-state index contributed by atoms with van der Waals surface area (Å²) in [7, 11) is 0. The van der Waals surface area contributed by atoms with Crippen LogP contribution in [0.5, 0.6) is 0 Å². The predicted molar refractivity (Wildman–Crippen MR) is 93.3 cm³/mol. The first-order chi connectivity index (χ1) is 9.47. The molecule has 20 heavy (non-hydrogen) atoms. The molecule has 0 saturated heterocycles. The van der Waals surface area contributed by atoms with Crippen molar-refractivity contribution in [2.45, 2.75) is 25.9 Å². The van der Waals surface area contributed by atoms with Crippen LogP contribution in [0.1, 0.15) is 37.1 Å². The lowest BCUT2D eigenvalue weighted by molar-refractivity contribution is 0.495. The van der Waals surface area contributed by atoms with Crippen molar-refractivity contribution in [1.82, 2.24) is 5.32 Å². The quantitative estimate of drug-likeness (QED) is 0.618. The van der Waals surface area contributed by atoms with E-state index in [1.54, 1.807) is 0 Å². The minimum atomic E-state index is 0.189. The summed E-state index contributed by atoms with van der Waals surface area (Å²) in [5.74, 6) is 0. The van der Waals surface area contributed by atoms with E-state index >= 15 is 0 Å². The van der Waals surface area contributed by atoms with E-state index in [9.17, 15) is 0 Å². The van der Waals surface area contributed by atoms with E-state index in [4.69, 9.17) is 11.6 Å². The molecule has 0 saturated carbocycles. The van der Waals surface area contributed by atoms with E-state index < -0.39 is 0 Å². The largest absolute Gasteiger partial charge is 0.304 e. The van der Waals surface area contributed by atoms with Crippen LogP contribution in [-0.2, 0) is 0 Å². The van der Waals surface area contributed by atoms with Gasteiger partial charge < -0.3 is 5.32 Å². The Morgan fingerprint density at radius 2 is 1.50 bits per heavy atom. The highest BCUT2D eigenvalue weighted by molar-refractivity contribution is 9.10. The second-order valence-corrected chi connectivity index (χ2v) is 7.07. The van der Waals surface area contributed by atoms with E-state index in [1.807, 2.05) is 12.1 Å². The van der Waals surface area contributed by atoms with Crippen molar-refractivity contribution in [3.8, 4) is 0 Å². The van der Waals surface area contributed by atoms with Gasteiger partial charge in [-0.2, -0.15) is 0 Å². The summed E-state index contributed by atoms with van der Waals surface area (Å²) in [5, 5.41) is 4.36. The van der Waals surface area contributed by atoms with E-state index in [2.05, 4.69) is 81.4 Å². The van der Waals surface area contributed by atoms with Crippen LogP contribution in [0.3, 0.4) is 0 Å². The van der Waals surface area contributed by atoms with Gasteiger partial charge in [0, 0.05) is 26.1 Å². The number of halogens is 3. The van der Waals surface area contributed by atoms with Gasteiger partial charge in [-0.1, -0.05) is 61.7 Å². The fourth-order valence-electron chi connectivity index (χ4n) is 2.17. The highest BCUT2D eigenvalue weighted by Gasteiger charge is 2.13. The Labute approximate surface area is 142 Å². The molecule has 0 spiro atoms. The van der Waals surface area contributed by atoms with Gasteiger partial charge in [0.05, 0.1) is 0 Å². The molecule has 0 fully saturated rings. The van der Waals surface area contributed by atoms with Gasteiger partial charge in [0.2, 0.25) is 0 Å². The Morgan fingerprint density at radius 3 is 2.10 bits per heavy atom. The summed E-state index contributed by atoms with van der Waals surface area (Å²) in [6, 6.07) is 14.8. The second kappa shape index (κ2) is 7.08. The molecule has 0 heterocycles. The molecule has 2 atom stereocenters. The van der Waals surface area contributed by atoms with Crippen LogP contribution in [0.25, 0.3) is 0 Å². The fourth-order valence-corrected chi connectivity index (χ4v) is 3.27. The Balaban J connectivity index is 2.10. The molecular formula is C16H16Br2ClN. The topological polar surface area (TPSA) is 12.0 Å². The van der Waals surface area contributed by atoms with Gasteiger partial charge in [-0.05, 0) is 49.2 Å². The highest BCUT2D eigenvalue weighted by Crippen LogP contribution is 2.28. The minimum Gasteiger partial charge on any atom is -0.304 e. The van der Waals surface area contributed by atoms with Crippen molar-refractivity contribution in [3.63, 3.8) is 0 Å². The first-order valence-electron chi connectivity index (χ1n) is 6.44. The smallest absolute Gasteiger partial charge is 0.0464 e.